The third-order valence-corrected chi connectivity index (χ3v) is 3.17. The summed E-state index contributed by atoms with van der Waals surface area (Å²) in [4.78, 5) is 18.4. The number of pyridine rings is 1. The summed E-state index contributed by atoms with van der Waals surface area (Å²) >= 11 is 0. The molecule has 1 rings (SSSR count). The van der Waals surface area contributed by atoms with Crippen LogP contribution in [0.1, 0.15) is 30.6 Å². The number of rotatable bonds is 8. The molecule has 19 heavy (non-hydrogen) atoms. The predicted molar refractivity (Wildman–Crippen MR) is 78.5 cm³/mol. The number of hydrogen-bond donors (Lipinski definition) is 2. The molecule has 0 unspecified atom stereocenters. The van der Waals surface area contributed by atoms with Crippen LogP contribution in [0.25, 0.3) is 0 Å². The van der Waals surface area contributed by atoms with E-state index >= 15 is 0 Å². The van der Waals surface area contributed by atoms with Gasteiger partial charge in [-0.25, -0.2) is 0 Å². The average Bonchev–Trinajstić information content (AvgIpc) is 2.47. The molecule has 0 aliphatic heterocycles. The average molecular weight is 264 g/mol. The van der Waals surface area contributed by atoms with Crippen LogP contribution in [0.4, 0.5) is 5.69 Å². The van der Waals surface area contributed by atoms with Gasteiger partial charge in [-0.1, -0.05) is 13.8 Å². The molecule has 0 saturated heterocycles. The monoisotopic (exact) mass is 264 g/mol. The Hall–Kier alpha value is -1.62. The van der Waals surface area contributed by atoms with E-state index in [0.717, 1.165) is 31.7 Å². The van der Waals surface area contributed by atoms with E-state index in [-0.39, 0.29) is 5.91 Å². The van der Waals surface area contributed by atoms with Gasteiger partial charge < -0.3 is 15.5 Å². The molecule has 1 amide bonds. The van der Waals surface area contributed by atoms with Crippen LogP contribution in [0.5, 0.6) is 0 Å². The van der Waals surface area contributed by atoms with Crippen molar-refractivity contribution in [2.45, 2.75) is 20.3 Å². The third kappa shape index (κ3) is 4.87. The van der Waals surface area contributed by atoms with Crippen LogP contribution in [0, 0.1) is 0 Å². The summed E-state index contributed by atoms with van der Waals surface area (Å²) in [5.41, 5.74) is 1.39. The number of carbonyl (C=O) groups is 1. The second-order valence-electron chi connectivity index (χ2n) is 4.31. The van der Waals surface area contributed by atoms with Crippen molar-refractivity contribution in [1.29, 1.82) is 0 Å². The lowest BCUT2D eigenvalue weighted by atomic mass is 10.2. The zero-order valence-corrected chi connectivity index (χ0v) is 12.1. The summed E-state index contributed by atoms with van der Waals surface area (Å²) < 4.78 is 0. The molecule has 0 aliphatic rings. The third-order valence-electron chi connectivity index (χ3n) is 3.17. The summed E-state index contributed by atoms with van der Waals surface area (Å²) in [6.45, 7) is 8.12. The molecule has 0 atom stereocenters. The number of nitrogens with zero attached hydrogens (tertiary/aromatic N) is 2. The Morgan fingerprint density at radius 2 is 2.11 bits per heavy atom. The predicted octanol–water partition coefficient (Wildman–Crippen LogP) is 1.58. The molecule has 0 saturated carbocycles. The zero-order chi connectivity index (χ0) is 14.1. The van der Waals surface area contributed by atoms with E-state index in [0.29, 0.717) is 12.1 Å². The van der Waals surface area contributed by atoms with E-state index in [2.05, 4.69) is 34.4 Å². The van der Waals surface area contributed by atoms with Gasteiger partial charge in [0.25, 0.3) is 5.91 Å². The van der Waals surface area contributed by atoms with Crippen molar-refractivity contribution in [2.24, 2.45) is 0 Å². The van der Waals surface area contributed by atoms with Crippen molar-refractivity contribution in [3.05, 3.63) is 24.0 Å². The molecule has 5 heteroatoms. The highest BCUT2D eigenvalue weighted by molar-refractivity contribution is 5.99. The highest BCUT2D eigenvalue weighted by atomic mass is 16.1. The first-order valence-corrected chi connectivity index (χ1v) is 6.85. The maximum Gasteiger partial charge on any atom is 0.253 e. The molecule has 2 N–H and O–H groups in total. The topological polar surface area (TPSA) is 57.3 Å². The Morgan fingerprint density at radius 1 is 1.37 bits per heavy atom. The van der Waals surface area contributed by atoms with Gasteiger partial charge in [-0.05, 0) is 32.1 Å². The minimum Gasteiger partial charge on any atom is -0.386 e. The molecule has 106 valence electrons. The fourth-order valence-electron chi connectivity index (χ4n) is 1.93. The second-order valence-corrected chi connectivity index (χ2v) is 4.31. The van der Waals surface area contributed by atoms with E-state index in [1.54, 1.807) is 25.5 Å². The first kappa shape index (κ1) is 15.4. The highest BCUT2D eigenvalue weighted by Gasteiger charge is 2.09. The van der Waals surface area contributed by atoms with Crippen LogP contribution in [0.3, 0.4) is 0 Å². The Labute approximate surface area is 115 Å². The first-order chi connectivity index (χ1) is 9.22. The van der Waals surface area contributed by atoms with Crippen LogP contribution in [-0.4, -0.2) is 49.0 Å². The van der Waals surface area contributed by atoms with Crippen molar-refractivity contribution < 1.29 is 4.79 Å². The smallest absolute Gasteiger partial charge is 0.253 e. The van der Waals surface area contributed by atoms with Gasteiger partial charge in [-0.3, -0.25) is 9.78 Å². The normalized spacial score (nSPS) is 10.5. The molecule has 1 aromatic heterocycles. The van der Waals surface area contributed by atoms with Gasteiger partial charge >= 0.3 is 0 Å². The Morgan fingerprint density at radius 3 is 2.74 bits per heavy atom. The first-order valence-electron chi connectivity index (χ1n) is 6.85. The summed E-state index contributed by atoms with van der Waals surface area (Å²) in [6.07, 6.45) is 4.25. The largest absolute Gasteiger partial charge is 0.386 e. The van der Waals surface area contributed by atoms with Gasteiger partial charge in [0.05, 0.1) is 17.4 Å². The SMILES string of the molecule is CCN(CC)CCCNC(=O)c1ccncc1NC. The molecule has 0 bridgehead atoms. The van der Waals surface area contributed by atoms with Crippen molar-refractivity contribution in [1.82, 2.24) is 15.2 Å². The number of hydrogen-bond acceptors (Lipinski definition) is 4. The van der Waals surface area contributed by atoms with Crippen LogP contribution in [-0.2, 0) is 0 Å². The van der Waals surface area contributed by atoms with E-state index < -0.39 is 0 Å². The highest BCUT2D eigenvalue weighted by Crippen LogP contribution is 2.11. The Balaban J connectivity index is 2.39. The number of carbonyl (C=O) groups excluding carboxylic acids is 1. The van der Waals surface area contributed by atoms with E-state index in [9.17, 15) is 4.79 Å². The maximum absolute atomic E-state index is 12.0. The molecule has 0 aromatic carbocycles. The summed E-state index contributed by atoms with van der Waals surface area (Å²) in [5.74, 6) is -0.0497. The number of aromatic nitrogens is 1. The van der Waals surface area contributed by atoms with Gasteiger partial charge in [0, 0.05) is 19.8 Å². The lowest BCUT2D eigenvalue weighted by molar-refractivity contribution is 0.0952. The molecular weight excluding hydrogens is 240 g/mol. The van der Waals surface area contributed by atoms with E-state index in [1.165, 1.54) is 0 Å². The van der Waals surface area contributed by atoms with E-state index in [4.69, 9.17) is 0 Å². The van der Waals surface area contributed by atoms with Gasteiger partial charge in [0.1, 0.15) is 0 Å². The standard InChI is InChI=1S/C14H24N4O/c1-4-18(5-2)10-6-8-17-14(19)12-7-9-16-11-13(12)15-3/h7,9,11,15H,4-6,8,10H2,1-3H3,(H,17,19). The Bertz CT molecular complexity index is 391. The molecule has 0 radical (unpaired) electrons. The number of nitrogens with one attached hydrogen (secondary N) is 2. The number of amides is 1. The fraction of sp³-hybridized carbons (Fsp3) is 0.571. The van der Waals surface area contributed by atoms with Crippen molar-refractivity contribution in [2.75, 3.05) is 38.5 Å². The summed E-state index contributed by atoms with van der Waals surface area (Å²) in [7, 11) is 1.79. The molecule has 0 aliphatic carbocycles. The molecule has 1 aromatic rings. The minimum atomic E-state index is -0.0497. The lowest BCUT2D eigenvalue weighted by Gasteiger charge is -2.17. The van der Waals surface area contributed by atoms with Crippen molar-refractivity contribution >= 4 is 11.6 Å². The summed E-state index contributed by atoms with van der Waals surface area (Å²) in [6, 6.07) is 1.73. The molecule has 1 heterocycles. The lowest BCUT2D eigenvalue weighted by Crippen LogP contribution is -2.30. The maximum atomic E-state index is 12.0. The van der Waals surface area contributed by atoms with E-state index in [1.807, 2.05) is 0 Å². The van der Waals surface area contributed by atoms with Gasteiger partial charge in [-0.2, -0.15) is 0 Å². The van der Waals surface area contributed by atoms with Crippen LogP contribution < -0.4 is 10.6 Å². The number of anilines is 1. The van der Waals surface area contributed by atoms with Gasteiger partial charge in [0.2, 0.25) is 0 Å². The zero-order valence-electron chi connectivity index (χ0n) is 12.1. The van der Waals surface area contributed by atoms with Crippen LogP contribution in [0.15, 0.2) is 18.5 Å². The quantitative estimate of drug-likeness (QED) is 0.700. The van der Waals surface area contributed by atoms with Crippen LogP contribution in [0.2, 0.25) is 0 Å². The second kappa shape index (κ2) is 8.48. The van der Waals surface area contributed by atoms with Gasteiger partial charge in [0.15, 0.2) is 0 Å². The van der Waals surface area contributed by atoms with Crippen molar-refractivity contribution in [3.63, 3.8) is 0 Å². The molecule has 0 fully saturated rings. The molecule has 5 nitrogen and oxygen atoms in total. The van der Waals surface area contributed by atoms with Crippen LogP contribution >= 0.6 is 0 Å². The minimum absolute atomic E-state index is 0.0497. The molecular formula is C14H24N4O. The molecule has 0 spiro atoms. The Kier molecular flexibility index (Phi) is 6.89. The fourth-order valence-corrected chi connectivity index (χ4v) is 1.93. The van der Waals surface area contributed by atoms with Gasteiger partial charge in [-0.15, -0.1) is 0 Å². The summed E-state index contributed by atoms with van der Waals surface area (Å²) in [5, 5.41) is 5.92. The van der Waals surface area contributed by atoms with Crippen molar-refractivity contribution in [3.8, 4) is 0 Å².